The lowest BCUT2D eigenvalue weighted by molar-refractivity contribution is 0.277. The van der Waals surface area contributed by atoms with E-state index in [0.29, 0.717) is 0 Å². The quantitative estimate of drug-likeness (QED) is 0.533. The zero-order valence-electron chi connectivity index (χ0n) is 6.75. The Balaban J connectivity index is 2.30. The van der Waals surface area contributed by atoms with Gasteiger partial charge in [-0.1, -0.05) is 6.07 Å². The van der Waals surface area contributed by atoms with E-state index in [1.165, 1.54) is 5.56 Å². The van der Waals surface area contributed by atoms with Gasteiger partial charge in [0.25, 0.3) is 0 Å². The number of aliphatic hydroxyl groups is 1. The molecule has 1 aromatic rings. The Morgan fingerprint density at radius 2 is 2.42 bits per heavy atom. The maximum atomic E-state index is 8.91. The number of nitrogens with one attached hydrogen (secondary N) is 1. The minimum absolute atomic E-state index is 0.168. The van der Waals surface area contributed by atoms with E-state index >= 15 is 0 Å². The number of nitrogens with two attached hydrogens (primary N) is 1. The van der Waals surface area contributed by atoms with Gasteiger partial charge >= 0.3 is 0 Å². The van der Waals surface area contributed by atoms with Crippen molar-refractivity contribution in [1.82, 2.24) is 0 Å². The summed E-state index contributed by atoms with van der Waals surface area (Å²) in [5.41, 5.74) is 8.68. The molecule has 0 aromatic heterocycles. The molecular weight excluding hydrogens is 152 g/mol. The van der Waals surface area contributed by atoms with Crippen molar-refractivity contribution in [2.24, 2.45) is 0 Å². The molecule has 1 aliphatic rings. The highest BCUT2D eigenvalue weighted by Gasteiger charge is 2.18. The molecule has 1 heterocycles. The molecule has 2 rings (SSSR count). The third-order valence-electron chi connectivity index (χ3n) is 2.18. The second-order valence-corrected chi connectivity index (χ2v) is 3.14. The van der Waals surface area contributed by atoms with Gasteiger partial charge in [0.05, 0.1) is 12.6 Å². The van der Waals surface area contributed by atoms with Crippen molar-refractivity contribution in [3.63, 3.8) is 0 Å². The average Bonchev–Trinajstić information content (AvgIpc) is 2.46. The highest BCUT2D eigenvalue weighted by Crippen LogP contribution is 2.27. The standard InChI is InChI=1S/C9H12N2O/c10-7-2-1-6-3-8(5-12)11-9(6)4-7/h1-2,4,8,11-12H,3,5,10H2/t8-/m0/s1. The molecule has 12 heavy (non-hydrogen) atoms. The maximum absolute atomic E-state index is 8.91. The third kappa shape index (κ3) is 1.12. The van der Waals surface area contributed by atoms with Crippen LogP contribution >= 0.6 is 0 Å². The van der Waals surface area contributed by atoms with Crippen LogP contribution in [0, 0.1) is 0 Å². The first-order valence-corrected chi connectivity index (χ1v) is 4.05. The smallest absolute Gasteiger partial charge is 0.0636 e. The summed E-state index contributed by atoms with van der Waals surface area (Å²) >= 11 is 0. The molecule has 1 aromatic carbocycles. The molecular formula is C9H12N2O. The summed E-state index contributed by atoms with van der Waals surface area (Å²) in [6, 6.07) is 5.97. The van der Waals surface area contributed by atoms with E-state index in [1.807, 2.05) is 18.2 Å². The Morgan fingerprint density at radius 1 is 1.58 bits per heavy atom. The van der Waals surface area contributed by atoms with Gasteiger partial charge in [-0.15, -0.1) is 0 Å². The van der Waals surface area contributed by atoms with Crippen molar-refractivity contribution >= 4 is 11.4 Å². The van der Waals surface area contributed by atoms with Crippen molar-refractivity contribution < 1.29 is 5.11 Å². The monoisotopic (exact) mass is 164 g/mol. The maximum Gasteiger partial charge on any atom is 0.0636 e. The Bertz CT molecular complexity index is 299. The summed E-state index contributed by atoms with van der Waals surface area (Å²) in [5, 5.41) is 12.1. The second-order valence-electron chi connectivity index (χ2n) is 3.14. The average molecular weight is 164 g/mol. The minimum atomic E-state index is 0.168. The van der Waals surface area contributed by atoms with Crippen molar-refractivity contribution in [2.75, 3.05) is 17.7 Å². The van der Waals surface area contributed by atoms with Crippen LogP contribution in [-0.4, -0.2) is 17.8 Å². The van der Waals surface area contributed by atoms with Crippen LogP contribution in [0.4, 0.5) is 11.4 Å². The van der Waals surface area contributed by atoms with Gasteiger partial charge in [0.2, 0.25) is 0 Å². The number of aliphatic hydroxyl groups excluding tert-OH is 1. The van der Waals surface area contributed by atoms with E-state index in [9.17, 15) is 0 Å². The topological polar surface area (TPSA) is 58.3 Å². The van der Waals surface area contributed by atoms with Crippen LogP contribution in [0.3, 0.4) is 0 Å². The SMILES string of the molecule is Nc1ccc2c(c1)N[C@H](CO)C2. The van der Waals surface area contributed by atoms with Crippen LogP contribution in [0.1, 0.15) is 5.56 Å². The van der Waals surface area contributed by atoms with Gasteiger partial charge in [-0.05, 0) is 24.1 Å². The molecule has 64 valence electrons. The van der Waals surface area contributed by atoms with Crippen molar-refractivity contribution in [1.29, 1.82) is 0 Å². The van der Waals surface area contributed by atoms with Crippen LogP contribution < -0.4 is 11.1 Å². The molecule has 0 unspecified atom stereocenters. The largest absolute Gasteiger partial charge is 0.399 e. The van der Waals surface area contributed by atoms with E-state index in [-0.39, 0.29) is 12.6 Å². The van der Waals surface area contributed by atoms with Crippen LogP contribution in [0.5, 0.6) is 0 Å². The predicted octanol–water partition coefficient (Wildman–Crippen LogP) is 0.598. The van der Waals surface area contributed by atoms with Gasteiger partial charge in [0.1, 0.15) is 0 Å². The van der Waals surface area contributed by atoms with Crippen LogP contribution in [0.25, 0.3) is 0 Å². The first-order chi connectivity index (χ1) is 5.79. The van der Waals surface area contributed by atoms with E-state index in [0.717, 1.165) is 17.8 Å². The fraction of sp³-hybridized carbons (Fsp3) is 0.333. The summed E-state index contributed by atoms with van der Waals surface area (Å²) in [4.78, 5) is 0. The van der Waals surface area contributed by atoms with Crippen molar-refractivity contribution in [3.8, 4) is 0 Å². The summed E-state index contributed by atoms with van der Waals surface area (Å²) in [7, 11) is 0. The predicted molar refractivity (Wildman–Crippen MR) is 49.1 cm³/mol. The summed E-state index contributed by atoms with van der Waals surface area (Å²) in [5.74, 6) is 0. The summed E-state index contributed by atoms with van der Waals surface area (Å²) in [6.07, 6.45) is 0.895. The van der Waals surface area contributed by atoms with Gasteiger partial charge in [0, 0.05) is 11.4 Å². The molecule has 0 bridgehead atoms. The molecule has 0 amide bonds. The molecule has 3 heteroatoms. The molecule has 0 saturated carbocycles. The lowest BCUT2D eigenvalue weighted by atomic mass is 10.1. The third-order valence-corrected chi connectivity index (χ3v) is 2.18. The molecule has 0 aliphatic carbocycles. The van der Waals surface area contributed by atoms with Gasteiger partial charge in [-0.2, -0.15) is 0 Å². The highest BCUT2D eigenvalue weighted by atomic mass is 16.3. The normalized spacial score (nSPS) is 20.2. The number of hydrogen-bond acceptors (Lipinski definition) is 3. The molecule has 0 spiro atoms. The van der Waals surface area contributed by atoms with Crippen LogP contribution in [-0.2, 0) is 6.42 Å². The number of benzene rings is 1. The number of anilines is 2. The lowest BCUT2D eigenvalue weighted by Gasteiger charge is -2.05. The Kier molecular flexibility index (Phi) is 1.66. The second kappa shape index (κ2) is 2.68. The van der Waals surface area contributed by atoms with Crippen molar-refractivity contribution in [3.05, 3.63) is 23.8 Å². The highest BCUT2D eigenvalue weighted by molar-refractivity contribution is 5.63. The van der Waals surface area contributed by atoms with Gasteiger partial charge in [-0.25, -0.2) is 0 Å². The van der Waals surface area contributed by atoms with Crippen LogP contribution in [0.15, 0.2) is 18.2 Å². The van der Waals surface area contributed by atoms with E-state index in [2.05, 4.69) is 5.32 Å². The first kappa shape index (κ1) is 7.43. The van der Waals surface area contributed by atoms with E-state index in [4.69, 9.17) is 10.8 Å². The minimum Gasteiger partial charge on any atom is -0.399 e. The summed E-state index contributed by atoms with van der Waals surface area (Å²) in [6.45, 7) is 0.175. The van der Waals surface area contributed by atoms with E-state index < -0.39 is 0 Å². The molecule has 1 aliphatic heterocycles. The zero-order valence-corrected chi connectivity index (χ0v) is 6.75. The number of hydrogen-bond donors (Lipinski definition) is 3. The molecule has 0 fully saturated rings. The molecule has 1 atom stereocenters. The number of nitrogen functional groups attached to an aromatic ring is 1. The fourth-order valence-electron chi connectivity index (χ4n) is 1.55. The van der Waals surface area contributed by atoms with Crippen LogP contribution in [0.2, 0.25) is 0 Å². The van der Waals surface area contributed by atoms with Gasteiger partial charge < -0.3 is 16.2 Å². The van der Waals surface area contributed by atoms with Crippen molar-refractivity contribution in [2.45, 2.75) is 12.5 Å². The Morgan fingerprint density at radius 3 is 3.17 bits per heavy atom. The molecule has 0 radical (unpaired) electrons. The van der Waals surface area contributed by atoms with Gasteiger partial charge in [0.15, 0.2) is 0 Å². The Hall–Kier alpha value is -1.22. The van der Waals surface area contributed by atoms with Gasteiger partial charge in [-0.3, -0.25) is 0 Å². The Labute approximate surface area is 71.2 Å². The fourth-order valence-corrected chi connectivity index (χ4v) is 1.55. The molecule has 3 nitrogen and oxygen atoms in total. The number of fused-ring (bicyclic) bond motifs is 1. The lowest BCUT2D eigenvalue weighted by Crippen LogP contribution is -2.19. The molecule has 4 N–H and O–H groups in total. The number of rotatable bonds is 1. The first-order valence-electron chi connectivity index (χ1n) is 4.05. The molecule has 0 saturated heterocycles. The van der Waals surface area contributed by atoms with E-state index in [1.54, 1.807) is 0 Å². The summed E-state index contributed by atoms with van der Waals surface area (Å²) < 4.78 is 0. The zero-order chi connectivity index (χ0) is 8.55.